The molecular formula is C19H21N5O. The monoisotopic (exact) mass is 335 g/mol. The first-order valence-corrected chi connectivity index (χ1v) is 8.60. The normalized spacial score (nSPS) is 17.6. The Balaban J connectivity index is 1.56. The molecule has 1 aromatic carbocycles. The van der Waals surface area contributed by atoms with Crippen molar-refractivity contribution < 1.29 is 4.79 Å². The minimum absolute atomic E-state index is 0.0231. The number of likely N-dealkylation sites (tertiary alicyclic amines) is 1. The number of carbonyl (C=O) groups is 1. The van der Waals surface area contributed by atoms with E-state index in [0.29, 0.717) is 12.2 Å². The summed E-state index contributed by atoms with van der Waals surface area (Å²) in [4.78, 5) is 19.2. The third kappa shape index (κ3) is 3.07. The number of aromatic nitrogens is 4. The molecular weight excluding hydrogens is 314 g/mol. The van der Waals surface area contributed by atoms with E-state index in [0.717, 1.165) is 30.6 Å². The van der Waals surface area contributed by atoms with Crippen molar-refractivity contribution in [2.75, 3.05) is 13.1 Å². The van der Waals surface area contributed by atoms with E-state index < -0.39 is 0 Å². The predicted octanol–water partition coefficient (Wildman–Crippen LogP) is 2.85. The maximum atomic E-state index is 13.1. The molecule has 1 fully saturated rings. The second kappa shape index (κ2) is 6.55. The van der Waals surface area contributed by atoms with Gasteiger partial charge in [-0.05, 0) is 37.5 Å². The van der Waals surface area contributed by atoms with Crippen LogP contribution in [0.4, 0.5) is 0 Å². The van der Waals surface area contributed by atoms with Crippen LogP contribution >= 0.6 is 0 Å². The van der Waals surface area contributed by atoms with Crippen LogP contribution in [0, 0.1) is 6.92 Å². The molecule has 3 aromatic rings. The van der Waals surface area contributed by atoms with Crippen molar-refractivity contribution in [1.82, 2.24) is 24.2 Å². The van der Waals surface area contributed by atoms with Crippen LogP contribution in [-0.2, 0) is 0 Å². The van der Waals surface area contributed by atoms with Crippen molar-refractivity contribution in [3.05, 3.63) is 66.5 Å². The summed E-state index contributed by atoms with van der Waals surface area (Å²) >= 11 is 0. The number of rotatable bonds is 3. The molecule has 4 rings (SSSR count). The standard InChI is InChI=1S/C19H21N5O/c1-15-10-21-24(12-15)17-8-5-9-22(13-17)19(25)18-11-20-14-23(18)16-6-3-2-4-7-16/h2-4,6-7,10-12,14,17H,5,8-9,13H2,1H3/t17-/m1/s1. The van der Waals surface area contributed by atoms with E-state index in [-0.39, 0.29) is 11.9 Å². The molecule has 0 N–H and O–H groups in total. The summed E-state index contributed by atoms with van der Waals surface area (Å²) in [6.45, 7) is 3.49. The van der Waals surface area contributed by atoms with Crippen LogP contribution in [0.3, 0.4) is 0 Å². The highest BCUT2D eigenvalue weighted by Crippen LogP contribution is 2.23. The summed E-state index contributed by atoms with van der Waals surface area (Å²) in [6, 6.07) is 10.1. The van der Waals surface area contributed by atoms with Crippen LogP contribution < -0.4 is 0 Å². The number of piperidine rings is 1. The molecule has 0 unspecified atom stereocenters. The number of amides is 1. The molecule has 1 amide bonds. The lowest BCUT2D eigenvalue weighted by molar-refractivity contribution is 0.0665. The molecule has 0 aliphatic carbocycles. The molecule has 1 atom stereocenters. The van der Waals surface area contributed by atoms with Gasteiger partial charge in [0.1, 0.15) is 5.69 Å². The fourth-order valence-electron chi connectivity index (χ4n) is 3.40. The minimum Gasteiger partial charge on any atom is -0.335 e. The lowest BCUT2D eigenvalue weighted by atomic mass is 10.1. The summed E-state index contributed by atoms with van der Waals surface area (Å²) in [7, 11) is 0. The Labute approximate surface area is 146 Å². The highest BCUT2D eigenvalue weighted by Gasteiger charge is 2.27. The summed E-state index contributed by atoms with van der Waals surface area (Å²) in [5, 5.41) is 4.42. The maximum absolute atomic E-state index is 13.1. The molecule has 1 aliphatic heterocycles. The number of hydrogen-bond donors (Lipinski definition) is 0. The van der Waals surface area contributed by atoms with Gasteiger partial charge in [-0.2, -0.15) is 5.10 Å². The number of para-hydroxylation sites is 1. The van der Waals surface area contributed by atoms with Gasteiger partial charge in [-0.25, -0.2) is 4.98 Å². The number of carbonyl (C=O) groups excluding carboxylic acids is 1. The zero-order valence-electron chi connectivity index (χ0n) is 14.2. The largest absolute Gasteiger partial charge is 0.335 e. The highest BCUT2D eigenvalue weighted by molar-refractivity contribution is 5.93. The van der Waals surface area contributed by atoms with Gasteiger partial charge in [-0.15, -0.1) is 0 Å². The molecule has 2 aromatic heterocycles. The summed E-state index contributed by atoms with van der Waals surface area (Å²) in [5.74, 6) is 0.0231. The van der Waals surface area contributed by atoms with Gasteiger partial charge >= 0.3 is 0 Å². The molecule has 0 bridgehead atoms. The molecule has 3 heterocycles. The van der Waals surface area contributed by atoms with Crippen LogP contribution in [0.15, 0.2) is 55.2 Å². The summed E-state index contributed by atoms with van der Waals surface area (Å²) < 4.78 is 3.84. The van der Waals surface area contributed by atoms with E-state index in [2.05, 4.69) is 10.1 Å². The molecule has 25 heavy (non-hydrogen) atoms. The lowest BCUT2D eigenvalue weighted by Crippen LogP contribution is -2.41. The zero-order valence-corrected chi connectivity index (χ0v) is 14.2. The number of hydrogen-bond acceptors (Lipinski definition) is 3. The van der Waals surface area contributed by atoms with Crippen molar-refractivity contribution in [2.45, 2.75) is 25.8 Å². The van der Waals surface area contributed by atoms with Gasteiger partial charge in [0.25, 0.3) is 5.91 Å². The van der Waals surface area contributed by atoms with Gasteiger partial charge in [0, 0.05) is 25.0 Å². The molecule has 6 heteroatoms. The van der Waals surface area contributed by atoms with Crippen molar-refractivity contribution in [2.24, 2.45) is 0 Å². The van der Waals surface area contributed by atoms with Gasteiger partial charge in [0.05, 0.1) is 24.8 Å². The van der Waals surface area contributed by atoms with E-state index >= 15 is 0 Å². The third-order valence-electron chi connectivity index (χ3n) is 4.68. The average molecular weight is 335 g/mol. The van der Waals surface area contributed by atoms with Crippen molar-refractivity contribution >= 4 is 5.91 Å². The Bertz CT molecular complexity index is 867. The highest BCUT2D eigenvalue weighted by atomic mass is 16.2. The number of aryl methyl sites for hydroxylation is 1. The second-order valence-corrected chi connectivity index (χ2v) is 6.53. The Morgan fingerprint density at radius 3 is 2.80 bits per heavy atom. The average Bonchev–Trinajstić information content (AvgIpc) is 3.31. The fraction of sp³-hybridized carbons (Fsp3) is 0.316. The first kappa shape index (κ1) is 15.6. The number of imidazole rings is 1. The molecule has 0 saturated carbocycles. The summed E-state index contributed by atoms with van der Waals surface area (Å²) in [5.41, 5.74) is 2.69. The van der Waals surface area contributed by atoms with Crippen LogP contribution in [-0.4, -0.2) is 43.2 Å². The Morgan fingerprint density at radius 1 is 1.20 bits per heavy atom. The number of benzene rings is 1. The Kier molecular flexibility index (Phi) is 4.09. The van der Waals surface area contributed by atoms with E-state index in [1.54, 1.807) is 12.5 Å². The smallest absolute Gasteiger partial charge is 0.272 e. The van der Waals surface area contributed by atoms with Crippen molar-refractivity contribution in [1.29, 1.82) is 0 Å². The Hall–Kier alpha value is -2.89. The van der Waals surface area contributed by atoms with Gasteiger partial charge in [-0.3, -0.25) is 14.0 Å². The summed E-state index contributed by atoms with van der Waals surface area (Å²) in [6.07, 6.45) is 9.29. The second-order valence-electron chi connectivity index (χ2n) is 6.53. The van der Waals surface area contributed by atoms with Gasteiger partial charge in [0.2, 0.25) is 0 Å². The van der Waals surface area contributed by atoms with Crippen LogP contribution in [0.1, 0.15) is 34.9 Å². The fourth-order valence-corrected chi connectivity index (χ4v) is 3.40. The minimum atomic E-state index is 0.0231. The molecule has 6 nitrogen and oxygen atoms in total. The lowest BCUT2D eigenvalue weighted by Gasteiger charge is -2.33. The van der Waals surface area contributed by atoms with E-state index in [4.69, 9.17) is 0 Å². The SMILES string of the molecule is Cc1cnn([C@@H]2CCCN(C(=O)c3cncn3-c3ccccc3)C2)c1. The van der Waals surface area contributed by atoms with Gasteiger partial charge in [-0.1, -0.05) is 18.2 Å². The first-order valence-electron chi connectivity index (χ1n) is 8.60. The molecule has 1 aliphatic rings. The van der Waals surface area contributed by atoms with Gasteiger partial charge < -0.3 is 4.90 Å². The van der Waals surface area contributed by atoms with Crippen LogP contribution in [0.25, 0.3) is 5.69 Å². The molecule has 128 valence electrons. The van der Waals surface area contributed by atoms with Crippen molar-refractivity contribution in [3.63, 3.8) is 0 Å². The van der Waals surface area contributed by atoms with Gasteiger partial charge in [0.15, 0.2) is 0 Å². The molecule has 1 saturated heterocycles. The topological polar surface area (TPSA) is 56.0 Å². The first-order chi connectivity index (χ1) is 12.2. The third-order valence-corrected chi connectivity index (χ3v) is 4.68. The van der Waals surface area contributed by atoms with E-state index in [1.807, 2.05) is 63.8 Å². The van der Waals surface area contributed by atoms with E-state index in [9.17, 15) is 4.79 Å². The zero-order chi connectivity index (χ0) is 17.2. The predicted molar refractivity (Wildman–Crippen MR) is 94.7 cm³/mol. The maximum Gasteiger partial charge on any atom is 0.272 e. The number of nitrogens with zero attached hydrogens (tertiary/aromatic N) is 5. The van der Waals surface area contributed by atoms with Crippen molar-refractivity contribution in [3.8, 4) is 5.69 Å². The molecule has 0 spiro atoms. The van der Waals surface area contributed by atoms with Crippen LogP contribution in [0.2, 0.25) is 0 Å². The van der Waals surface area contributed by atoms with Crippen LogP contribution in [0.5, 0.6) is 0 Å². The molecule has 0 radical (unpaired) electrons. The Morgan fingerprint density at radius 2 is 2.04 bits per heavy atom. The van der Waals surface area contributed by atoms with E-state index in [1.165, 1.54) is 0 Å². The quantitative estimate of drug-likeness (QED) is 0.739.